The van der Waals surface area contributed by atoms with E-state index in [1.54, 1.807) is 24.5 Å². The molecule has 3 rings (SSSR count). The zero-order chi connectivity index (χ0) is 12.6. The van der Waals surface area contributed by atoms with Crippen LogP contribution in [-0.4, -0.2) is 15.8 Å². The van der Waals surface area contributed by atoms with Crippen molar-refractivity contribution >= 4 is 6.03 Å². The van der Waals surface area contributed by atoms with E-state index in [9.17, 15) is 9.18 Å². The lowest BCUT2D eigenvalue weighted by atomic mass is 10.1. The second-order valence-corrected chi connectivity index (χ2v) is 4.47. The predicted octanol–water partition coefficient (Wildman–Crippen LogP) is 2.27. The molecule has 1 aromatic carbocycles. The Bertz CT molecular complexity index is 576. The third-order valence-corrected chi connectivity index (χ3v) is 3.19. The van der Waals surface area contributed by atoms with Crippen molar-refractivity contribution in [1.82, 2.24) is 15.1 Å². The van der Waals surface area contributed by atoms with Crippen molar-refractivity contribution in [2.45, 2.75) is 18.4 Å². The van der Waals surface area contributed by atoms with Gasteiger partial charge >= 0.3 is 6.03 Å². The molecule has 0 unspecified atom stereocenters. The lowest BCUT2D eigenvalue weighted by molar-refractivity contribution is 0.234. The summed E-state index contributed by atoms with van der Waals surface area (Å²) in [5.74, 6) is -0.285. The molecule has 0 aliphatic heterocycles. The first-order valence-electron chi connectivity index (χ1n) is 5.78. The van der Waals surface area contributed by atoms with Gasteiger partial charge < -0.3 is 5.32 Å². The van der Waals surface area contributed by atoms with Gasteiger partial charge in [0.1, 0.15) is 5.82 Å². The average molecular weight is 245 g/mol. The minimum absolute atomic E-state index is 0.285. The predicted molar refractivity (Wildman–Crippen MR) is 63.5 cm³/mol. The summed E-state index contributed by atoms with van der Waals surface area (Å²) in [7, 11) is 0. The van der Waals surface area contributed by atoms with E-state index in [1.165, 1.54) is 16.8 Å². The van der Waals surface area contributed by atoms with Crippen LogP contribution in [0.15, 0.2) is 42.7 Å². The van der Waals surface area contributed by atoms with E-state index in [4.69, 9.17) is 0 Å². The molecular weight excluding hydrogens is 233 g/mol. The minimum Gasteiger partial charge on any atom is -0.327 e. The van der Waals surface area contributed by atoms with Crippen LogP contribution in [0.4, 0.5) is 9.18 Å². The lowest BCUT2D eigenvalue weighted by Gasteiger charge is -2.17. The van der Waals surface area contributed by atoms with Gasteiger partial charge in [-0.05, 0) is 36.6 Å². The van der Waals surface area contributed by atoms with Gasteiger partial charge in [0, 0.05) is 12.4 Å². The van der Waals surface area contributed by atoms with Crippen LogP contribution in [0.3, 0.4) is 0 Å². The summed E-state index contributed by atoms with van der Waals surface area (Å²) in [5.41, 5.74) is 0.383. The van der Waals surface area contributed by atoms with Gasteiger partial charge in [0.05, 0.1) is 5.54 Å². The fourth-order valence-corrected chi connectivity index (χ4v) is 2.05. The molecule has 1 amide bonds. The number of amides is 1. The number of rotatable bonds is 2. The SMILES string of the molecule is O=C(NC1(c2cccc(F)c2)CC1)n1cccn1. The minimum atomic E-state index is -0.425. The highest BCUT2D eigenvalue weighted by Gasteiger charge is 2.46. The highest BCUT2D eigenvalue weighted by Crippen LogP contribution is 2.45. The van der Waals surface area contributed by atoms with Gasteiger partial charge in [0.25, 0.3) is 0 Å². The highest BCUT2D eigenvalue weighted by molar-refractivity contribution is 5.77. The van der Waals surface area contributed by atoms with Crippen LogP contribution < -0.4 is 5.32 Å². The molecule has 1 aromatic heterocycles. The molecule has 1 fully saturated rings. The summed E-state index contributed by atoms with van der Waals surface area (Å²) < 4.78 is 14.4. The summed E-state index contributed by atoms with van der Waals surface area (Å²) >= 11 is 0. The van der Waals surface area contributed by atoms with Crippen molar-refractivity contribution in [3.63, 3.8) is 0 Å². The Labute approximate surface area is 103 Å². The molecule has 1 N–H and O–H groups in total. The molecule has 0 bridgehead atoms. The van der Waals surface area contributed by atoms with Gasteiger partial charge in [-0.25, -0.2) is 9.18 Å². The van der Waals surface area contributed by atoms with E-state index in [0.717, 1.165) is 18.4 Å². The first kappa shape index (κ1) is 11.0. The van der Waals surface area contributed by atoms with Gasteiger partial charge in [0.15, 0.2) is 0 Å². The van der Waals surface area contributed by atoms with Gasteiger partial charge in [0.2, 0.25) is 0 Å². The van der Waals surface area contributed by atoms with Crippen molar-refractivity contribution in [2.75, 3.05) is 0 Å². The molecule has 0 atom stereocenters. The monoisotopic (exact) mass is 245 g/mol. The van der Waals surface area contributed by atoms with Crippen LogP contribution in [0.25, 0.3) is 0 Å². The quantitative estimate of drug-likeness (QED) is 0.882. The molecule has 1 aliphatic rings. The van der Waals surface area contributed by atoms with Crippen LogP contribution in [-0.2, 0) is 5.54 Å². The van der Waals surface area contributed by atoms with Gasteiger partial charge in [-0.1, -0.05) is 12.1 Å². The molecule has 2 aromatic rings. The summed E-state index contributed by atoms with van der Waals surface area (Å²) in [6, 6.07) is 7.75. The topological polar surface area (TPSA) is 46.9 Å². The Morgan fingerprint density at radius 3 is 2.83 bits per heavy atom. The molecule has 5 heteroatoms. The van der Waals surface area contributed by atoms with Crippen molar-refractivity contribution in [3.05, 3.63) is 54.1 Å². The van der Waals surface area contributed by atoms with Crippen LogP contribution in [0.5, 0.6) is 0 Å². The maximum Gasteiger partial charge on any atom is 0.342 e. The Kier molecular flexibility index (Phi) is 2.40. The highest BCUT2D eigenvalue weighted by atomic mass is 19.1. The van der Waals surface area contributed by atoms with Crippen molar-refractivity contribution in [2.24, 2.45) is 0 Å². The summed E-state index contributed by atoms with van der Waals surface area (Å²) in [6.45, 7) is 0. The number of nitrogens with one attached hydrogen (secondary N) is 1. The Morgan fingerprint density at radius 2 is 2.22 bits per heavy atom. The average Bonchev–Trinajstić information content (AvgIpc) is 2.93. The number of benzene rings is 1. The number of carbonyl (C=O) groups excluding carboxylic acids is 1. The Morgan fingerprint density at radius 1 is 1.39 bits per heavy atom. The maximum absolute atomic E-state index is 13.2. The third-order valence-electron chi connectivity index (χ3n) is 3.19. The van der Waals surface area contributed by atoms with E-state index in [-0.39, 0.29) is 11.8 Å². The molecule has 0 spiro atoms. The number of halogens is 1. The first-order chi connectivity index (χ1) is 8.70. The van der Waals surface area contributed by atoms with E-state index < -0.39 is 5.54 Å². The largest absolute Gasteiger partial charge is 0.342 e. The van der Waals surface area contributed by atoms with Gasteiger partial charge in [-0.3, -0.25) is 0 Å². The van der Waals surface area contributed by atoms with E-state index in [2.05, 4.69) is 10.4 Å². The fraction of sp³-hybridized carbons (Fsp3) is 0.231. The number of carbonyl (C=O) groups is 1. The van der Waals surface area contributed by atoms with E-state index in [0.29, 0.717) is 0 Å². The molecule has 0 radical (unpaired) electrons. The molecule has 1 saturated carbocycles. The smallest absolute Gasteiger partial charge is 0.327 e. The normalized spacial score (nSPS) is 16.3. The summed E-state index contributed by atoms with van der Waals surface area (Å²) in [6.07, 6.45) is 4.77. The zero-order valence-corrected chi connectivity index (χ0v) is 9.64. The third kappa shape index (κ3) is 1.88. The van der Waals surface area contributed by atoms with Crippen molar-refractivity contribution in [1.29, 1.82) is 0 Å². The number of aromatic nitrogens is 2. The lowest BCUT2D eigenvalue weighted by Crippen LogP contribution is -2.38. The second-order valence-electron chi connectivity index (χ2n) is 4.47. The molecule has 92 valence electrons. The molecule has 1 aliphatic carbocycles. The van der Waals surface area contributed by atoms with Crippen LogP contribution in [0.1, 0.15) is 18.4 Å². The van der Waals surface area contributed by atoms with Crippen LogP contribution in [0, 0.1) is 5.82 Å². The molecule has 4 nitrogen and oxygen atoms in total. The standard InChI is InChI=1S/C13H12FN3O/c14-11-4-1-3-10(9-11)13(5-6-13)16-12(18)17-8-2-7-15-17/h1-4,7-9H,5-6H2,(H,16,18). The molecule has 0 saturated heterocycles. The Hall–Kier alpha value is -2.17. The number of hydrogen-bond acceptors (Lipinski definition) is 2. The second kappa shape index (κ2) is 3.94. The molecule has 18 heavy (non-hydrogen) atoms. The maximum atomic E-state index is 13.2. The summed E-state index contributed by atoms with van der Waals surface area (Å²) in [5, 5.41) is 6.78. The fourth-order valence-electron chi connectivity index (χ4n) is 2.05. The first-order valence-corrected chi connectivity index (χ1v) is 5.78. The zero-order valence-electron chi connectivity index (χ0n) is 9.64. The Balaban J connectivity index is 1.82. The van der Waals surface area contributed by atoms with E-state index in [1.807, 2.05) is 6.07 Å². The summed E-state index contributed by atoms with van der Waals surface area (Å²) in [4.78, 5) is 11.9. The number of nitrogens with zero attached hydrogens (tertiary/aromatic N) is 2. The van der Waals surface area contributed by atoms with Crippen LogP contribution in [0.2, 0.25) is 0 Å². The van der Waals surface area contributed by atoms with Gasteiger partial charge in [-0.15, -0.1) is 0 Å². The van der Waals surface area contributed by atoms with Gasteiger partial charge in [-0.2, -0.15) is 9.78 Å². The molecular formula is C13H12FN3O. The van der Waals surface area contributed by atoms with E-state index >= 15 is 0 Å². The van der Waals surface area contributed by atoms with Crippen molar-refractivity contribution in [3.8, 4) is 0 Å². The number of hydrogen-bond donors (Lipinski definition) is 1. The van der Waals surface area contributed by atoms with Crippen molar-refractivity contribution < 1.29 is 9.18 Å². The van der Waals surface area contributed by atoms with Crippen LogP contribution >= 0.6 is 0 Å². The molecule has 1 heterocycles.